The van der Waals surface area contributed by atoms with Crippen molar-refractivity contribution in [3.8, 4) is 0 Å². The first-order chi connectivity index (χ1) is 8.80. The molecule has 0 aromatic heterocycles. The first-order valence-electron chi connectivity index (χ1n) is 6.12. The van der Waals surface area contributed by atoms with Gasteiger partial charge in [0.05, 0.1) is 17.6 Å². The summed E-state index contributed by atoms with van der Waals surface area (Å²) in [5, 5.41) is 11.0. The average molecular weight is 293 g/mol. The van der Waals surface area contributed by atoms with Crippen LogP contribution in [0, 0.1) is 0 Å². The van der Waals surface area contributed by atoms with Gasteiger partial charge in [-0.05, 0) is 19.3 Å². The molecular weight excluding hydrogens is 274 g/mol. The van der Waals surface area contributed by atoms with Crippen molar-refractivity contribution in [1.82, 2.24) is 5.32 Å². The molecule has 1 fully saturated rings. The van der Waals surface area contributed by atoms with Gasteiger partial charge in [0, 0.05) is 13.5 Å². The van der Waals surface area contributed by atoms with Crippen LogP contribution in [0.15, 0.2) is 0 Å². The van der Waals surface area contributed by atoms with E-state index in [2.05, 4.69) is 5.32 Å². The molecule has 1 heterocycles. The van der Waals surface area contributed by atoms with Crippen LogP contribution in [0.2, 0.25) is 0 Å². The lowest BCUT2D eigenvalue weighted by atomic mass is 10.2. The summed E-state index contributed by atoms with van der Waals surface area (Å²) in [6.45, 7) is 1.79. The molecule has 2 unspecified atom stereocenters. The molecule has 0 saturated carbocycles. The van der Waals surface area contributed by atoms with E-state index in [9.17, 15) is 18.0 Å². The number of nitrogens with one attached hydrogen (secondary N) is 1. The van der Waals surface area contributed by atoms with Gasteiger partial charge in [-0.25, -0.2) is 13.2 Å². The van der Waals surface area contributed by atoms with E-state index < -0.39 is 33.5 Å². The van der Waals surface area contributed by atoms with Gasteiger partial charge in [-0.15, -0.1) is 0 Å². The standard InChI is InChI=1S/C11H19NO6S/c1-8(13)12-10(11(14)15)7-19(16,17)6-4-9-3-2-5-18-9/h9-10H,2-7H2,1H3,(H,12,13)(H,14,15). The normalized spacial score (nSPS) is 21.0. The third-order valence-electron chi connectivity index (χ3n) is 2.87. The van der Waals surface area contributed by atoms with Gasteiger partial charge in [0.25, 0.3) is 0 Å². The van der Waals surface area contributed by atoms with Crippen LogP contribution in [0.3, 0.4) is 0 Å². The zero-order valence-corrected chi connectivity index (χ0v) is 11.6. The zero-order valence-electron chi connectivity index (χ0n) is 10.8. The molecule has 1 aliphatic heterocycles. The lowest BCUT2D eigenvalue weighted by Gasteiger charge is -2.14. The molecule has 0 radical (unpaired) electrons. The molecule has 0 bridgehead atoms. The Morgan fingerprint density at radius 2 is 2.16 bits per heavy atom. The van der Waals surface area contributed by atoms with E-state index in [0.717, 1.165) is 19.8 Å². The van der Waals surface area contributed by atoms with Crippen LogP contribution in [0.25, 0.3) is 0 Å². The van der Waals surface area contributed by atoms with Crippen LogP contribution >= 0.6 is 0 Å². The smallest absolute Gasteiger partial charge is 0.327 e. The molecule has 7 nitrogen and oxygen atoms in total. The Balaban J connectivity index is 2.50. The van der Waals surface area contributed by atoms with Gasteiger partial charge in [0.2, 0.25) is 5.91 Å². The molecule has 8 heteroatoms. The Kier molecular flexibility index (Phi) is 5.74. The molecule has 110 valence electrons. The first kappa shape index (κ1) is 15.9. The summed E-state index contributed by atoms with van der Waals surface area (Å²) >= 11 is 0. The highest BCUT2D eigenvalue weighted by atomic mass is 32.2. The van der Waals surface area contributed by atoms with Crippen LogP contribution in [0.4, 0.5) is 0 Å². The highest BCUT2D eigenvalue weighted by molar-refractivity contribution is 7.91. The topological polar surface area (TPSA) is 110 Å². The molecule has 0 aliphatic carbocycles. The Morgan fingerprint density at radius 1 is 1.47 bits per heavy atom. The molecule has 1 rings (SSSR count). The number of sulfone groups is 1. The van der Waals surface area contributed by atoms with E-state index in [1.165, 1.54) is 0 Å². The van der Waals surface area contributed by atoms with Crippen molar-refractivity contribution in [2.45, 2.75) is 38.3 Å². The maximum atomic E-state index is 11.8. The van der Waals surface area contributed by atoms with Crippen LogP contribution in [0.1, 0.15) is 26.2 Å². The fourth-order valence-electron chi connectivity index (χ4n) is 1.94. The SMILES string of the molecule is CC(=O)NC(CS(=O)(=O)CCC1CCCO1)C(=O)O. The monoisotopic (exact) mass is 293 g/mol. The van der Waals surface area contributed by atoms with Gasteiger partial charge < -0.3 is 15.2 Å². The molecule has 1 aliphatic rings. The van der Waals surface area contributed by atoms with Gasteiger partial charge in [-0.3, -0.25) is 4.79 Å². The Bertz CT molecular complexity index is 426. The maximum absolute atomic E-state index is 11.8. The van der Waals surface area contributed by atoms with Crippen molar-refractivity contribution >= 4 is 21.7 Å². The highest BCUT2D eigenvalue weighted by Crippen LogP contribution is 2.16. The lowest BCUT2D eigenvalue weighted by Crippen LogP contribution is -2.45. The number of hydrogen-bond donors (Lipinski definition) is 2. The number of rotatable bonds is 7. The molecule has 1 saturated heterocycles. The summed E-state index contributed by atoms with van der Waals surface area (Å²) in [6.07, 6.45) is 2.07. The predicted molar refractivity (Wildman–Crippen MR) is 67.5 cm³/mol. The van der Waals surface area contributed by atoms with E-state index in [-0.39, 0.29) is 11.9 Å². The Labute approximate surface area is 112 Å². The van der Waals surface area contributed by atoms with Gasteiger partial charge >= 0.3 is 5.97 Å². The Morgan fingerprint density at radius 3 is 2.63 bits per heavy atom. The van der Waals surface area contributed by atoms with E-state index in [1.807, 2.05) is 0 Å². The number of hydrogen-bond acceptors (Lipinski definition) is 5. The molecule has 2 atom stereocenters. The quantitative estimate of drug-likeness (QED) is 0.658. The number of carboxylic acid groups (broad SMARTS) is 1. The average Bonchev–Trinajstić information content (AvgIpc) is 2.77. The molecule has 1 amide bonds. The van der Waals surface area contributed by atoms with Gasteiger partial charge in [0.15, 0.2) is 9.84 Å². The number of aliphatic carboxylic acids is 1. The van der Waals surface area contributed by atoms with Crippen LogP contribution in [-0.4, -0.2) is 55.7 Å². The summed E-state index contributed by atoms with van der Waals surface area (Å²) in [6, 6.07) is -1.40. The molecule has 0 spiro atoms. The van der Waals surface area contributed by atoms with Crippen molar-refractivity contribution in [3.63, 3.8) is 0 Å². The highest BCUT2D eigenvalue weighted by Gasteiger charge is 2.27. The van der Waals surface area contributed by atoms with Crippen molar-refractivity contribution in [1.29, 1.82) is 0 Å². The van der Waals surface area contributed by atoms with Crippen LogP contribution < -0.4 is 5.32 Å². The number of carbonyl (C=O) groups excluding carboxylic acids is 1. The number of carboxylic acids is 1. The van der Waals surface area contributed by atoms with Gasteiger partial charge in [-0.1, -0.05) is 0 Å². The maximum Gasteiger partial charge on any atom is 0.327 e. The largest absolute Gasteiger partial charge is 0.480 e. The van der Waals surface area contributed by atoms with Crippen molar-refractivity contribution in [2.24, 2.45) is 0 Å². The molecule has 0 aromatic carbocycles. The zero-order chi connectivity index (χ0) is 14.5. The lowest BCUT2D eigenvalue weighted by molar-refractivity contribution is -0.140. The van der Waals surface area contributed by atoms with Crippen LogP contribution in [0.5, 0.6) is 0 Å². The third kappa shape index (κ3) is 6.02. The molecule has 0 aromatic rings. The van der Waals surface area contributed by atoms with Gasteiger partial charge in [0.1, 0.15) is 6.04 Å². The second-order valence-electron chi connectivity index (χ2n) is 4.63. The third-order valence-corrected chi connectivity index (χ3v) is 4.57. The van der Waals surface area contributed by atoms with Crippen molar-refractivity contribution in [2.75, 3.05) is 18.1 Å². The van der Waals surface area contributed by atoms with E-state index in [4.69, 9.17) is 9.84 Å². The number of amides is 1. The molecular formula is C11H19NO6S. The van der Waals surface area contributed by atoms with E-state index in [0.29, 0.717) is 13.0 Å². The molecule has 2 N–H and O–H groups in total. The summed E-state index contributed by atoms with van der Waals surface area (Å²) in [5.74, 6) is -2.63. The minimum absolute atomic E-state index is 0.0566. The second-order valence-corrected chi connectivity index (χ2v) is 6.86. The minimum Gasteiger partial charge on any atom is -0.480 e. The van der Waals surface area contributed by atoms with E-state index in [1.54, 1.807) is 0 Å². The molecule has 19 heavy (non-hydrogen) atoms. The van der Waals surface area contributed by atoms with Crippen molar-refractivity contribution in [3.05, 3.63) is 0 Å². The minimum atomic E-state index is -3.53. The second kappa shape index (κ2) is 6.85. The fourth-order valence-corrected chi connectivity index (χ4v) is 3.46. The van der Waals surface area contributed by atoms with E-state index >= 15 is 0 Å². The van der Waals surface area contributed by atoms with Crippen LogP contribution in [-0.2, 0) is 24.2 Å². The summed E-state index contributed by atoms with van der Waals surface area (Å²) in [7, 11) is -3.53. The van der Waals surface area contributed by atoms with Gasteiger partial charge in [-0.2, -0.15) is 0 Å². The summed E-state index contributed by atoms with van der Waals surface area (Å²) in [4.78, 5) is 21.7. The first-order valence-corrected chi connectivity index (χ1v) is 7.94. The Hall–Kier alpha value is -1.15. The number of ether oxygens (including phenoxy) is 1. The number of carbonyl (C=O) groups is 2. The fraction of sp³-hybridized carbons (Fsp3) is 0.818. The predicted octanol–water partition coefficient (Wildman–Crippen LogP) is -0.440. The van der Waals surface area contributed by atoms with Crippen molar-refractivity contribution < 1.29 is 27.9 Å². The summed E-state index contributed by atoms with van der Waals surface area (Å²) < 4.78 is 28.9. The summed E-state index contributed by atoms with van der Waals surface area (Å²) in [5.41, 5.74) is 0.